The van der Waals surface area contributed by atoms with Crippen molar-refractivity contribution in [2.24, 2.45) is 5.92 Å². The van der Waals surface area contributed by atoms with E-state index in [1.807, 2.05) is 23.1 Å². The molecule has 0 saturated carbocycles. The molecule has 2 fully saturated rings. The zero-order chi connectivity index (χ0) is 16.0. The second-order valence-electron chi connectivity index (χ2n) is 6.64. The highest BCUT2D eigenvalue weighted by Gasteiger charge is 2.40. The molecule has 23 heavy (non-hydrogen) atoms. The Morgan fingerprint density at radius 1 is 1.39 bits per heavy atom. The number of H-pyrrole nitrogens is 1. The third-order valence-electron chi connectivity index (χ3n) is 5.30. The molecule has 6 nitrogen and oxygen atoms in total. The number of benzene rings is 1. The monoisotopic (exact) mass is 314 g/mol. The van der Waals surface area contributed by atoms with Crippen LogP contribution >= 0.6 is 0 Å². The molecule has 122 valence electrons. The lowest BCUT2D eigenvalue weighted by molar-refractivity contribution is 0.0252. The molecule has 2 saturated heterocycles. The van der Waals surface area contributed by atoms with Gasteiger partial charge in [0.2, 0.25) is 0 Å². The average Bonchev–Trinajstić information content (AvgIpc) is 2.90. The third kappa shape index (κ3) is 2.37. The first-order valence-electron chi connectivity index (χ1n) is 8.19. The molecule has 0 aliphatic carbocycles. The number of hydrogen-bond donors (Lipinski definition) is 1. The van der Waals surface area contributed by atoms with E-state index in [2.05, 4.69) is 22.1 Å². The summed E-state index contributed by atoms with van der Waals surface area (Å²) in [6, 6.07) is 6.15. The smallest absolute Gasteiger partial charge is 0.275 e. The average molecular weight is 314 g/mol. The van der Waals surface area contributed by atoms with Crippen LogP contribution < -0.4 is 4.74 Å². The molecule has 1 N–H and O–H groups in total. The van der Waals surface area contributed by atoms with Crippen LogP contribution in [-0.4, -0.2) is 65.7 Å². The zero-order valence-corrected chi connectivity index (χ0v) is 13.6. The molecule has 6 heteroatoms. The van der Waals surface area contributed by atoms with Gasteiger partial charge in [0, 0.05) is 31.1 Å². The number of aromatic nitrogens is 2. The van der Waals surface area contributed by atoms with Crippen molar-refractivity contribution in [1.82, 2.24) is 20.0 Å². The lowest BCUT2D eigenvalue weighted by Crippen LogP contribution is -2.57. The van der Waals surface area contributed by atoms with Crippen molar-refractivity contribution >= 4 is 16.8 Å². The lowest BCUT2D eigenvalue weighted by atomic mass is 9.86. The minimum atomic E-state index is 0.0189. The van der Waals surface area contributed by atoms with Gasteiger partial charge in [0.05, 0.1) is 12.6 Å². The molecule has 2 aliphatic heterocycles. The summed E-state index contributed by atoms with van der Waals surface area (Å²) < 4.78 is 5.27. The molecule has 1 aromatic carbocycles. The number of methoxy groups -OCH3 is 1. The highest BCUT2D eigenvalue weighted by atomic mass is 16.5. The number of nitrogens with zero attached hydrogens (tertiary/aromatic N) is 3. The molecule has 2 unspecified atom stereocenters. The lowest BCUT2D eigenvalue weighted by Gasteiger charge is -2.46. The van der Waals surface area contributed by atoms with Gasteiger partial charge in [-0.1, -0.05) is 0 Å². The molecule has 1 aromatic heterocycles. The van der Waals surface area contributed by atoms with E-state index in [0.29, 0.717) is 11.7 Å². The summed E-state index contributed by atoms with van der Waals surface area (Å²) in [6.45, 7) is 2.78. The second-order valence-corrected chi connectivity index (χ2v) is 6.64. The quantitative estimate of drug-likeness (QED) is 0.917. The maximum atomic E-state index is 13.0. The van der Waals surface area contributed by atoms with Gasteiger partial charge < -0.3 is 14.5 Å². The van der Waals surface area contributed by atoms with Crippen molar-refractivity contribution < 1.29 is 9.53 Å². The third-order valence-corrected chi connectivity index (χ3v) is 5.30. The van der Waals surface area contributed by atoms with Crippen molar-refractivity contribution in [2.75, 3.05) is 33.8 Å². The molecule has 2 atom stereocenters. The number of rotatable bonds is 2. The molecule has 0 bridgehead atoms. The van der Waals surface area contributed by atoms with Crippen LogP contribution in [0.5, 0.6) is 5.75 Å². The first-order valence-corrected chi connectivity index (χ1v) is 8.19. The summed E-state index contributed by atoms with van der Waals surface area (Å²) >= 11 is 0. The van der Waals surface area contributed by atoms with Gasteiger partial charge in [-0.25, -0.2) is 0 Å². The van der Waals surface area contributed by atoms with Crippen molar-refractivity contribution in [2.45, 2.75) is 18.9 Å². The van der Waals surface area contributed by atoms with Crippen LogP contribution in [0.4, 0.5) is 0 Å². The van der Waals surface area contributed by atoms with E-state index in [1.54, 1.807) is 7.11 Å². The normalized spacial score (nSPS) is 24.9. The van der Waals surface area contributed by atoms with E-state index < -0.39 is 0 Å². The minimum absolute atomic E-state index is 0.0189. The van der Waals surface area contributed by atoms with Crippen molar-refractivity contribution in [3.63, 3.8) is 0 Å². The summed E-state index contributed by atoms with van der Waals surface area (Å²) in [5.74, 6) is 1.50. The SMILES string of the molecule is COc1ccc2[nH]nc(C(=O)N3CCCC4CN(C)C4C3)c2c1. The van der Waals surface area contributed by atoms with E-state index in [9.17, 15) is 4.79 Å². The Morgan fingerprint density at radius 3 is 3.04 bits per heavy atom. The molecule has 0 radical (unpaired) electrons. The molecule has 3 heterocycles. The van der Waals surface area contributed by atoms with Crippen LogP contribution in [0.15, 0.2) is 18.2 Å². The molecule has 2 aromatic rings. The number of amides is 1. The standard InChI is InChI=1S/C17H22N4O2/c1-20-9-11-4-3-7-21(10-15(11)20)17(22)16-13-8-12(23-2)5-6-14(13)18-19-16/h5-6,8,11,15H,3-4,7,9-10H2,1-2H3,(H,18,19). The zero-order valence-electron chi connectivity index (χ0n) is 13.6. The molecule has 1 amide bonds. The van der Waals surface area contributed by atoms with Crippen molar-refractivity contribution in [1.29, 1.82) is 0 Å². The summed E-state index contributed by atoms with van der Waals surface area (Å²) in [4.78, 5) is 17.3. The van der Waals surface area contributed by atoms with Crippen molar-refractivity contribution in [3.05, 3.63) is 23.9 Å². The molecule has 0 spiro atoms. The highest BCUT2D eigenvalue weighted by molar-refractivity contribution is 6.05. The largest absolute Gasteiger partial charge is 0.497 e. The fourth-order valence-electron chi connectivity index (χ4n) is 3.90. The maximum absolute atomic E-state index is 13.0. The number of fused-ring (bicyclic) bond motifs is 2. The highest BCUT2D eigenvalue weighted by Crippen LogP contribution is 2.31. The Hall–Kier alpha value is -2.08. The van der Waals surface area contributed by atoms with Crippen LogP contribution in [0.3, 0.4) is 0 Å². The van der Waals surface area contributed by atoms with E-state index in [4.69, 9.17) is 4.74 Å². The molecular formula is C17H22N4O2. The fraction of sp³-hybridized carbons (Fsp3) is 0.529. The van der Waals surface area contributed by atoms with Gasteiger partial charge in [-0.2, -0.15) is 5.10 Å². The van der Waals surface area contributed by atoms with E-state index in [0.717, 1.165) is 48.6 Å². The summed E-state index contributed by atoms with van der Waals surface area (Å²) in [5.41, 5.74) is 1.36. The van der Waals surface area contributed by atoms with Gasteiger partial charge in [-0.3, -0.25) is 9.89 Å². The predicted molar refractivity (Wildman–Crippen MR) is 87.7 cm³/mol. The topological polar surface area (TPSA) is 61.5 Å². The first kappa shape index (κ1) is 14.5. The van der Waals surface area contributed by atoms with E-state index in [-0.39, 0.29) is 5.91 Å². The van der Waals surface area contributed by atoms with Crippen LogP contribution in [0.25, 0.3) is 10.9 Å². The predicted octanol–water partition coefficient (Wildman–Crippen LogP) is 1.74. The Kier molecular flexibility index (Phi) is 3.49. The van der Waals surface area contributed by atoms with Crippen LogP contribution in [-0.2, 0) is 0 Å². The van der Waals surface area contributed by atoms with Gasteiger partial charge >= 0.3 is 0 Å². The second kappa shape index (κ2) is 5.53. The number of aromatic amines is 1. The van der Waals surface area contributed by atoms with Gasteiger partial charge in [-0.15, -0.1) is 0 Å². The Labute approximate surface area is 135 Å². The Balaban J connectivity index is 1.63. The number of likely N-dealkylation sites (tertiary alicyclic amines) is 2. The minimum Gasteiger partial charge on any atom is -0.497 e. The molecule has 4 rings (SSSR count). The summed E-state index contributed by atoms with van der Waals surface area (Å²) in [7, 11) is 3.77. The summed E-state index contributed by atoms with van der Waals surface area (Å²) in [6.07, 6.45) is 2.29. The number of carbonyl (C=O) groups is 1. The number of nitrogens with one attached hydrogen (secondary N) is 1. The van der Waals surface area contributed by atoms with Crippen LogP contribution in [0.1, 0.15) is 23.3 Å². The van der Waals surface area contributed by atoms with Crippen LogP contribution in [0, 0.1) is 5.92 Å². The van der Waals surface area contributed by atoms with Crippen molar-refractivity contribution in [3.8, 4) is 5.75 Å². The van der Waals surface area contributed by atoms with Gasteiger partial charge in [0.25, 0.3) is 5.91 Å². The van der Waals surface area contributed by atoms with Gasteiger partial charge in [0.1, 0.15) is 5.75 Å². The van der Waals surface area contributed by atoms with Gasteiger partial charge in [-0.05, 0) is 44.0 Å². The number of ether oxygens (including phenoxy) is 1. The van der Waals surface area contributed by atoms with Crippen LogP contribution in [0.2, 0.25) is 0 Å². The fourth-order valence-corrected chi connectivity index (χ4v) is 3.90. The molecular weight excluding hydrogens is 292 g/mol. The number of carbonyl (C=O) groups excluding carboxylic acids is 1. The maximum Gasteiger partial charge on any atom is 0.275 e. The van der Waals surface area contributed by atoms with E-state index in [1.165, 1.54) is 6.42 Å². The Morgan fingerprint density at radius 2 is 2.26 bits per heavy atom. The molecule has 2 aliphatic rings. The Bertz CT molecular complexity index is 741. The number of likely N-dealkylation sites (N-methyl/N-ethyl adjacent to an activating group) is 1. The first-order chi connectivity index (χ1) is 11.2. The number of hydrogen-bond acceptors (Lipinski definition) is 4. The summed E-state index contributed by atoms with van der Waals surface area (Å²) in [5, 5.41) is 8.06. The van der Waals surface area contributed by atoms with E-state index >= 15 is 0 Å². The van der Waals surface area contributed by atoms with Gasteiger partial charge in [0.15, 0.2) is 5.69 Å².